The number of benzene rings is 2. The first-order chi connectivity index (χ1) is 17.6. The fourth-order valence-corrected chi connectivity index (χ4v) is 4.13. The zero-order valence-electron chi connectivity index (χ0n) is 21.2. The van der Waals surface area contributed by atoms with Gasteiger partial charge in [0.15, 0.2) is 17.5 Å². The molecule has 0 spiro atoms. The second-order valence-corrected chi connectivity index (χ2v) is 9.41. The van der Waals surface area contributed by atoms with Crippen molar-refractivity contribution < 1.29 is 27.2 Å². The van der Waals surface area contributed by atoms with Crippen LogP contribution >= 0.6 is 0 Å². The van der Waals surface area contributed by atoms with E-state index in [4.69, 9.17) is 17.2 Å². The van der Waals surface area contributed by atoms with E-state index < -0.39 is 47.0 Å². The molecule has 1 unspecified atom stereocenters. The number of likely N-dealkylation sites (N-methyl/N-ethyl adjacent to an activating group) is 1. The molecule has 2 amide bonds. The molecule has 0 radical (unpaired) electrons. The Morgan fingerprint density at radius 1 is 0.892 bits per heavy atom. The lowest BCUT2D eigenvalue weighted by Gasteiger charge is -2.34. The van der Waals surface area contributed by atoms with Crippen LogP contribution in [0.2, 0.25) is 0 Å². The Balaban J connectivity index is 2.06. The summed E-state index contributed by atoms with van der Waals surface area (Å²) in [4.78, 5) is 25.8. The third-order valence-corrected chi connectivity index (χ3v) is 6.38. The average Bonchev–Trinajstić information content (AvgIpc) is 2.87. The summed E-state index contributed by atoms with van der Waals surface area (Å²) in [6, 6.07) is 8.96. The Labute approximate surface area is 216 Å². The summed E-state index contributed by atoms with van der Waals surface area (Å²) < 4.78 is 41.7. The minimum atomic E-state index is -1.70. The van der Waals surface area contributed by atoms with Crippen molar-refractivity contribution in [3.05, 3.63) is 65.5 Å². The standard InChI is InChI=1S/C26H37F3N6O2/c1-35(16-13-30,17-14-31)15-5-8-20(32)25(36)34-22(11-9-18-6-3-2-4-7-18)26(37)33-21-12-10-19(27)23(28)24(21)29/h2-4,6-7,10,12,20,22H,5,8-9,11,13-17,30-32H2,1H3,(H-,33,34,36,37)/p+1/t20?,22-/m0/s1. The van der Waals surface area contributed by atoms with Gasteiger partial charge in [0.05, 0.1) is 38.4 Å². The van der Waals surface area contributed by atoms with Gasteiger partial charge in [-0.05, 0) is 43.4 Å². The third-order valence-electron chi connectivity index (χ3n) is 6.38. The van der Waals surface area contributed by atoms with E-state index in [-0.39, 0.29) is 6.42 Å². The predicted molar refractivity (Wildman–Crippen MR) is 138 cm³/mol. The molecule has 0 aliphatic rings. The third kappa shape index (κ3) is 9.43. The van der Waals surface area contributed by atoms with Gasteiger partial charge in [0.25, 0.3) is 0 Å². The highest BCUT2D eigenvalue weighted by Crippen LogP contribution is 2.20. The number of halogens is 3. The Kier molecular flexibility index (Phi) is 12.0. The summed E-state index contributed by atoms with van der Waals surface area (Å²) in [5.41, 5.74) is 17.9. The van der Waals surface area contributed by atoms with E-state index in [2.05, 4.69) is 10.6 Å². The van der Waals surface area contributed by atoms with Crippen LogP contribution in [0.1, 0.15) is 24.8 Å². The maximum atomic E-state index is 14.1. The first kappa shape index (κ1) is 30.2. The zero-order valence-corrected chi connectivity index (χ0v) is 21.2. The number of rotatable bonds is 15. The molecule has 2 rings (SSSR count). The number of hydrogen-bond acceptors (Lipinski definition) is 5. The van der Waals surface area contributed by atoms with Gasteiger partial charge in [-0.1, -0.05) is 30.3 Å². The lowest BCUT2D eigenvalue weighted by Crippen LogP contribution is -2.52. The number of carbonyl (C=O) groups is 2. The molecule has 2 atom stereocenters. The van der Waals surface area contributed by atoms with E-state index in [1.165, 1.54) is 0 Å². The molecule has 0 fully saturated rings. The SMILES string of the molecule is C[N+](CCN)(CCN)CCCC(N)C(=O)N[C@@H](CCc1ccccc1)C(=O)Nc1ccc(F)c(F)c1F. The summed E-state index contributed by atoms with van der Waals surface area (Å²) in [6.07, 6.45) is 1.63. The van der Waals surface area contributed by atoms with Gasteiger partial charge in [0.1, 0.15) is 6.04 Å². The molecule has 0 aliphatic carbocycles. The van der Waals surface area contributed by atoms with Crippen LogP contribution < -0.4 is 27.8 Å². The molecule has 0 aromatic heterocycles. The van der Waals surface area contributed by atoms with Crippen molar-refractivity contribution in [1.82, 2.24) is 5.32 Å². The van der Waals surface area contributed by atoms with Crippen molar-refractivity contribution in [3.8, 4) is 0 Å². The Morgan fingerprint density at radius 2 is 1.54 bits per heavy atom. The normalized spacial score (nSPS) is 13.2. The van der Waals surface area contributed by atoms with E-state index in [1.807, 2.05) is 37.4 Å². The molecule has 37 heavy (non-hydrogen) atoms. The van der Waals surface area contributed by atoms with Gasteiger partial charge in [-0.15, -0.1) is 0 Å². The van der Waals surface area contributed by atoms with Crippen LogP contribution in [0, 0.1) is 17.5 Å². The van der Waals surface area contributed by atoms with Crippen LogP contribution in [-0.4, -0.2) is 68.2 Å². The van der Waals surface area contributed by atoms with Gasteiger partial charge in [-0.2, -0.15) is 0 Å². The van der Waals surface area contributed by atoms with E-state index in [9.17, 15) is 22.8 Å². The van der Waals surface area contributed by atoms with E-state index in [0.29, 0.717) is 42.9 Å². The quantitative estimate of drug-likeness (QED) is 0.179. The molecular formula is C26H38F3N6O2+. The maximum Gasteiger partial charge on any atom is 0.247 e. The van der Waals surface area contributed by atoms with Gasteiger partial charge >= 0.3 is 0 Å². The predicted octanol–water partition coefficient (Wildman–Crippen LogP) is 1.63. The van der Waals surface area contributed by atoms with Crippen molar-refractivity contribution in [2.24, 2.45) is 17.2 Å². The van der Waals surface area contributed by atoms with Gasteiger partial charge in [0, 0.05) is 13.1 Å². The van der Waals surface area contributed by atoms with Crippen LogP contribution in [0.15, 0.2) is 42.5 Å². The highest BCUT2D eigenvalue weighted by Gasteiger charge is 2.26. The molecule has 2 aromatic carbocycles. The van der Waals surface area contributed by atoms with Crippen LogP contribution in [0.5, 0.6) is 0 Å². The Morgan fingerprint density at radius 3 is 2.16 bits per heavy atom. The highest BCUT2D eigenvalue weighted by atomic mass is 19.2. The second kappa shape index (κ2) is 14.7. The highest BCUT2D eigenvalue weighted by molar-refractivity contribution is 5.97. The first-order valence-electron chi connectivity index (χ1n) is 12.4. The van der Waals surface area contributed by atoms with Crippen LogP contribution in [0.25, 0.3) is 0 Å². The summed E-state index contributed by atoms with van der Waals surface area (Å²) in [7, 11) is 2.05. The molecular weight excluding hydrogens is 485 g/mol. The second-order valence-electron chi connectivity index (χ2n) is 9.41. The first-order valence-corrected chi connectivity index (χ1v) is 12.4. The topological polar surface area (TPSA) is 136 Å². The molecule has 0 saturated carbocycles. The number of nitrogens with zero attached hydrogens (tertiary/aromatic N) is 1. The van der Waals surface area contributed by atoms with Crippen LogP contribution in [-0.2, 0) is 16.0 Å². The molecule has 2 aromatic rings. The summed E-state index contributed by atoms with van der Waals surface area (Å²) >= 11 is 0. The van der Waals surface area contributed by atoms with Crippen molar-refractivity contribution in [2.45, 2.75) is 37.8 Å². The van der Waals surface area contributed by atoms with E-state index >= 15 is 0 Å². The lowest BCUT2D eigenvalue weighted by molar-refractivity contribution is -0.907. The number of quaternary nitrogens is 1. The Hall–Kier alpha value is -2.99. The lowest BCUT2D eigenvalue weighted by atomic mass is 10.0. The summed E-state index contributed by atoms with van der Waals surface area (Å²) in [5, 5.41) is 4.89. The number of hydrogen-bond donors (Lipinski definition) is 5. The average molecular weight is 524 g/mol. The number of nitrogens with two attached hydrogens (primary N) is 3. The smallest absolute Gasteiger partial charge is 0.247 e. The molecule has 204 valence electrons. The molecule has 0 bridgehead atoms. The number of nitrogens with one attached hydrogen (secondary N) is 2. The zero-order chi connectivity index (χ0) is 27.4. The number of aryl methyl sites for hydroxylation is 1. The van der Waals surface area contributed by atoms with Gasteiger partial charge < -0.3 is 32.3 Å². The maximum absolute atomic E-state index is 14.1. The minimum Gasteiger partial charge on any atom is -0.343 e. The fourth-order valence-electron chi connectivity index (χ4n) is 4.13. The monoisotopic (exact) mass is 523 g/mol. The van der Waals surface area contributed by atoms with Gasteiger partial charge in [0.2, 0.25) is 11.8 Å². The van der Waals surface area contributed by atoms with Gasteiger partial charge in [-0.25, -0.2) is 13.2 Å². The van der Waals surface area contributed by atoms with Crippen molar-refractivity contribution in [1.29, 1.82) is 0 Å². The molecule has 0 aliphatic heterocycles. The number of anilines is 1. The molecule has 8 nitrogen and oxygen atoms in total. The van der Waals surface area contributed by atoms with Crippen LogP contribution in [0.4, 0.5) is 18.9 Å². The largest absolute Gasteiger partial charge is 0.343 e. The molecule has 0 heterocycles. The van der Waals surface area contributed by atoms with Crippen LogP contribution in [0.3, 0.4) is 0 Å². The van der Waals surface area contributed by atoms with Gasteiger partial charge in [-0.3, -0.25) is 9.59 Å². The van der Waals surface area contributed by atoms with E-state index in [1.54, 1.807) is 0 Å². The molecule has 8 N–H and O–H groups in total. The minimum absolute atomic E-state index is 0.182. The van der Waals surface area contributed by atoms with E-state index in [0.717, 1.165) is 31.3 Å². The van der Waals surface area contributed by atoms with Crippen molar-refractivity contribution in [2.75, 3.05) is 45.1 Å². The van der Waals surface area contributed by atoms with Crippen molar-refractivity contribution >= 4 is 17.5 Å². The van der Waals surface area contributed by atoms with Crippen molar-refractivity contribution in [3.63, 3.8) is 0 Å². The fraction of sp³-hybridized carbons (Fsp3) is 0.462. The molecule has 11 heteroatoms. The molecule has 0 saturated heterocycles. The summed E-state index contributed by atoms with van der Waals surface area (Å²) in [6.45, 7) is 3.27. The Bertz CT molecular complexity index is 1020. The number of carbonyl (C=O) groups excluding carboxylic acids is 2. The number of amides is 2. The summed E-state index contributed by atoms with van der Waals surface area (Å²) in [5.74, 6) is -5.89.